The Hall–Kier alpha value is -3.63. The molecule has 0 saturated carbocycles. The van der Waals surface area contributed by atoms with Gasteiger partial charge in [-0.15, -0.1) is 0 Å². The fraction of sp³-hybridized carbons (Fsp3) is 0.333. The van der Waals surface area contributed by atoms with Crippen LogP contribution in [0, 0.1) is 17.6 Å². The van der Waals surface area contributed by atoms with Crippen molar-refractivity contribution in [2.75, 3.05) is 23.7 Å². The van der Waals surface area contributed by atoms with E-state index >= 15 is 0 Å². The number of nitrogens with one attached hydrogen (secondary N) is 3. The van der Waals surface area contributed by atoms with E-state index in [1.54, 1.807) is 25.3 Å². The molecular weight excluding hydrogens is 512 g/mol. The average Bonchev–Trinajstić information content (AvgIpc) is 3.27. The van der Waals surface area contributed by atoms with Crippen LogP contribution >= 0.6 is 11.6 Å². The lowest BCUT2D eigenvalue weighted by atomic mass is 9.99. The number of amides is 1. The molecule has 38 heavy (non-hydrogen) atoms. The summed E-state index contributed by atoms with van der Waals surface area (Å²) < 4.78 is 28.9. The summed E-state index contributed by atoms with van der Waals surface area (Å²) in [5.74, 6) is -0.488. The maximum absolute atomic E-state index is 13.6. The number of aromatic nitrogens is 4. The zero-order valence-corrected chi connectivity index (χ0v) is 21.7. The molecule has 198 valence electrons. The standard InChI is InChI=1S/C27H28ClF2N7O/c1-2-24(38)34-18-6-7-19(20(28)11-18)25-35-23-14-33-27(32-13-16-5-8-21(29)22(30)10-16)36-26(23)37(25)15-17-4-3-9-31-12-17/h5-8,10-11,14,17,31H,2-4,9,12-13,15H2,1H3,(H,34,38)(H,32,33,36)/t17-/m1/s1. The summed E-state index contributed by atoms with van der Waals surface area (Å²) in [4.78, 5) is 25.7. The number of imidazole rings is 1. The highest BCUT2D eigenvalue weighted by atomic mass is 35.5. The lowest BCUT2D eigenvalue weighted by Crippen LogP contribution is -2.32. The molecular formula is C27H28ClF2N7O. The van der Waals surface area contributed by atoms with Gasteiger partial charge < -0.3 is 20.5 Å². The van der Waals surface area contributed by atoms with Crippen LogP contribution in [0.4, 0.5) is 20.4 Å². The topological polar surface area (TPSA) is 96.8 Å². The number of anilines is 2. The minimum atomic E-state index is -0.901. The molecule has 2 aromatic heterocycles. The van der Waals surface area contributed by atoms with E-state index in [2.05, 4.69) is 25.5 Å². The van der Waals surface area contributed by atoms with E-state index in [-0.39, 0.29) is 12.5 Å². The molecule has 1 saturated heterocycles. The van der Waals surface area contributed by atoms with Gasteiger partial charge in [0.05, 0.1) is 11.2 Å². The SMILES string of the molecule is CCC(=O)Nc1ccc(-c2nc3cnc(NCc4ccc(F)c(F)c4)nc3n2C[C@@H]2CCCNC2)c(Cl)c1. The Morgan fingerprint density at radius 2 is 2.05 bits per heavy atom. The third-order valence-corrected chi connectivity index (χ3v) is 6.89. The van der Waals surface area contributed by atoms with Crippen LogP contribution in [0.1, 0.15) is 31.7 Å². The summed E-state index contributed by atoms with van der Waals surface area (Å²) in [6.45, 7) is 4.60. The van der Waals surface area contributed by atoms with Gasteiger partial charge >= 0.3 is 0 Å². The molecule has 0 bridgehead atoms. The first-order valence-electron chi connectivity index (χ1n) is 12.6. The van der Waals surface area contributed by atoms with Crippen LogP contribution < -0.4 is 16.0 Å². The van der Waals surface area contributed by atoms with E-state index < -0.39 is 11.6 Å². The van der Waals surface area contributed by atoms with Crippen molar-refractivity contribution in [1.29, 1.82) is 0 Å². The Labute approximate surface area is 223 Å². The van der Waals surface area contributed by atoms with Gasteiger partial charge in [0, 0.05) is 30.8 Å². The Bertz CT molecular complexity index is 1470. The molecule has 0 unspecified atom stereocenters. The van der Waals surface area contributed by atoms with Gasteiger partial charge in [-0.25, -0.2) is 18.7 Å². The summed E-state index contributed by atoms with van der Waals surface area (Å²) in [6.07, 6.45) is 4.18. The maximum atomic E-state index is 13.6. The monoisotopic (exact) mass is 539 g/mol. The van der Waals surface area contributed by atoms with E-state index in [4.69, 9.17) is 21.6 Å². The van der Waals surface area contributed by atoms with Crippen LogP contribution in [-0.4, -0.2) is 38.5 Å². The summed E-state index contributed by atoms with van der Waals surface area (Å²) in [6, 6.07) is 9.13. The van der Waals surface area contributed by atoms with Crippen LogP contribution in [-0.2, 0) is 17.9 Å². The van der Waals surface area contributed by atoms with Gasteiger partial charge in [0.25, 0.3) is 0 Å². The fourth-order valence-corrected chi connectivity index (χ4v) is 4.84. The summed E-state index contributed by atoms with van der Waals surface area (Å²) in [5.41, 5.74) is 3.17. The number of nitrogens with zero attached hydrogens (tertiary/aromatic N) is 4. The third kappa shape index (κ3) is 5.76. The van der Waals surface area contributed by atoms with Gasteiger partial charge in [-0.2, -0.15) is 4.98 Å². The van der Waals surface area contributed by atoms with Gasteiger partial charge in [-0.3, -0.25) is 4.79 Å². The second kappa shape index (κ2) is 11.4. The van der Waals surface area contributed by atoms with Crippen molar-refractivity contribution >= 4 is 40.3 Å². The van der Waals surface area contributed by atoms with Crippen molar-refractivity contribution in [3.8, 4) is 11.4 Å². The van der Waals surface area contributed by atoms with Crippen molar-refractivity contribution in [2.45, 2.75) is 39.3 Å². The summed E-state index contributed by atoms with van der Waals surface area (Å²) >= 11 is 6.68. The van der Waals surface area contributed by atoms with Gasteiger partial charge in [-0.1, -0.05) is 24.6 Å². The number of halogens is 3. The van der Waals surface area contributed by atoms with E-state index in [1.807, 2.05) is 6.07 Å². The Morgan fingerprint density at radius 1 is 1.18 bits per heavy atom. The molecule has 0 aliphatic carbocycles. The van der Waals surface area contributed by atoms with Gasteiger partial charge in [0.15, 0.2) is 17.3 Å². The average molecular weight is 540 g/mol. The maximum Gasteiger partial charge on any atom is 0.225 e. The van der Waals surface area contributed by atoms with Crippen LogP contribution in [0.2, 0.25) is 5.02 Å². The predicted molar refractivity (Wildman–Crippen MR) is 144 cm³/mol. The molecule has 8 nitrogen and oxygen atoms in total. The highest BCUT2D eigenvalue weighted by molar-refractivity contribution is 6.33. The normalized spacial score (nSPS) is 15.5. The predicted octanol–water partition coefficient (Wildman–Crippen LogP) is 5.39. The summed E-state index contributed by atoms with van der Waals surface area (Å²) in [5, 5.41) is 9.83. The molecule has 3 heterocycles. The number of benzene rings is 2. The van der Waals surface area contributed by atoms with Crippen molar-refractivity contribution in [3.05, 3.63) is 64.8 Å². The van der Waals surface area contributed by atoms with Crippen molar-refractivity contribution in [3.63, 3.8) is 0 Å². The molecule has 1 amide bonds. The fourth-order valence-electron chi connectivity index (χ4n) is 4.57. The molecule has 2 aromatic carbocycles. The quantitative estimate of drug-likeness (QED) is 0.278. The minimum absolute atomic E-state index is 0.0930. The Morgan fingerprint density at radius 3 is 2.79 bits per heavy atom. The zero-order valence-electron chi connectivity index (χ0n) is 20.9. The smallest absolute Gasteiger partial charge is 0.225 e. The largest absolute Gasteiger partial charge is 0.350 e. The van der Waals surface area contributed by atoms with Crippen LogP contribution in [0.15, 0.2) is 42.6 Å². The zero-order chi connectivity index (χ0) is 26.6. The number of hydrogen-bond donors (Lipinski definition) is 3. The summed E-state index contributed by atoms with van der Waals surface area (Å²) in [7, 11) is 0. The van der Waals surface area contributed by atoms with Crippen molar-refractivity contribution in [2.24, 2.45) is 5.92 Å². The van der Waals surface area contributed by atoms with Gasteiger partial charge in [0.2, 0.25) is 11.9 Å². The first kappa shape index (κ1) is 26.0. The molecule has 1 atom stereocenters. The van der Waals surface area contributed by atoms with Crippen LogP contribution in [0.25, 0.3) is 22.6 Å². The van der Waals surface area contributed by atoms with Crippen LogP contribution in [0.3, 0.4) is 0 Å². The molecule has 1 aliphatic rings. The van der Waals surface area contributed by atoms with Gasteiger partial charge in [0.1, 0.15) is 11.3 Å². The molecule has 1 fully saturated rings. The second-order valence-electron chi connectivity index (χ2n) is 9.36. The Kier molecular flexibility index (Phi) is 7.80. The molecule has 5 rings (SSSR count). The number of carbonyl (C=O) groups is 1. The van der Waals surface area contributed by atoms with E-state index in [0.717, 1.165) is 43.6 Å². The molecule has 1 aliphatic heterocycles. The first-order valence-corrected chi connectivity index (χ1v) is 13.0. The minimum Gasteiger partial charge on any atom is -0.350 e. The molecule has 0 radical (unpaired) electrons. The highest BCUT2D eigenvalue weighted by Crippen LogP contribution is 2.33. The number of carbonyl (C=O) groups excluding carboxylic acids is 1. The van der Waals surface area contributed by atoms with E-state index in [0.29, 0.717) is 58.1 Å². The van der Waals surface area contributed by atoms with Crippen molar-refractivity contribution in [1.82, 2.24) is 24.8 Å². The lowest BCUT2D eigenvalue weighted by molar-refractivity contribution is -0.115. The van der Waals surface area contributed by atoms with Crippen molar-refractivity contribution < 1.29 is 13.6 Å². The molecule has 3 N–H and O–H groups in total. The molecule has 11 heteroatoms. The Balaban J connectivity index is 1.49. The van der Waals surface area contributed by atoms with Gasteiger partial charge in [-0.05, 0) is 67.7 Å². The molecule has 0 spiro atoms. The third-order valence-electron chi connectivity index (χ3n) is 6.58. The number of piperidine rings is 1. The van der Waals surface area contributed by atoms with E-state index in [1.165, 1.54) is 6.07 Å². The molecule has 4 aromatic rings. The number of fused-ring (bicyclic) bond motifs is 1. The van der Waals surface area contributed by atoms with Crippen LogP contribution in [0.5, 0.6) is 0 Å². The highest BCUT2D eigenvalue weighted by Gasteiger charge is 2.22. The number of hydrogen-bond acceptors (Lipinski definition) is 6. The number of rotatable bonds is 8. The lowest BCUT2D eigenvalue weighted by Gasteiger charge is -2.24. The van der Waals surface area contributed by atoms with E-state index in [9.17, 15) is 13.6 Å². The first-order chi connectivity index (χ1) is 18.4. The second-order valence-corrected chi connectivity index (χ2v) is 9.77.